The van der Waals surface area contributed by atoms with Crippen LogP contribution in [0.15, 0.2) is 84.3 Å². The van der Waals surface area contributed by atoms with Crippen LogP contribution in [0.2, 0.25) is 5.02 Å². The number of H-pyrrole nitrogens is 1. The van der Waals surface area contributed by atoms with Crippen LogP contribution in [-0.4, -0.2) is 33.9 Å². The number of aromatic nitrogens is 4. The Bertz CT molecular complexity index is 1660. The lowest BCUT2D eigenvalue weighted by atomic mass is 10.0. The molecule has 2 aromatic carbocycles. The van der Waals surface area contributed by atoms with E-state index >= 15 is 0 Å². The van der Waals surface area contributed by atoms with Crippen LogP contribution in [0.25, 0.3) is 22.2 Å². The lowest BCUT2D eigenvalue weighted by molar-refractivity contribution is 0.104. The zero-order chi connectivity index (χ0) is 23.9. The summed E-state index contributed by atoms with van der Waals surface area (Å²) in [5.74, 6) is -0.264. The lowest BCUT2D eigenvalue weighted by Crippen LogP contribution is -2.13. The third kappa shape index (κ3) is 4.18. The summed E-state index contributed by atoms with van der Waals surface area (Å²) in [4.78, 5) is 20.8. The quantitative estimate of drug-likeness (QED) is 0.336. The van der Waals surface area contributed by atoms with E-state index in [1.165, 1.54) is 18.2 Å². The first-order valence-corrected chi connectivity index (χ1v) is 12.1. The second-order valence-electron chi connectivity index (χ2n) is 7.70. The third-order valence-corrected chi connectivity index (χ3v) is 6.91. The van der Waals surface area contributed by atoms with Gasteiger partial charge in [-0.1, -0.05) is 29.8 Å². The van der Waals surface area contributed by atoms with Gasteiger partial charge in [-0.25, -0.2) is 13.4 Å². The molecular formula is C24H18ClN5O3S. The highest BCUT2D eigenvalue weighted by Gasteiger charge is 2.19. The molecule has 8 nitrogen and oxygen atoms in total. The predicted molar refractivity (Wildman–Crippen MR) is 130 cm³/mol. The molecule has 5 rings (SSSR count). The molecule has 0 unspecified atom stereocenters. The molecule has 0 atom stereocenters. The van der Waals surface area contributed by atoms with Gasteiger partial charge in [0.05, 0.1) is 11.1 Å². The number of hydrogen-bond acceptors (Lipinski definition) is 5. The number of ketones is 1. The largest absolute Gasteiger partial charge is 0.345 e. The Hall–Kier alpha value is -3.95. The van der Waals surface area contributed by atoms with Crippen LogP contribution < -0.4 is 4.72 Å². The summed E-state index contributed by atoms with van der Waals surface area (Å²) in [5, 5.41) is 5.16. The van der Waals surface area contributed by atoms with E-state index in [2.05, 4.69) is 19.8 Å². The van der Waals surface area contributed by atoms with Crippen molar-refractivity contribution in [2.24, 2.45) is 7.05 Å². The molecule has 0 aliphatic heterocycles. The van der Waals surface area contributed by atoms with Gasteiger partial charge in [0.1, 0.15) is 5.65 Å². The van der Waals surface area contributed by atoms with Crippen LogP contribution in [0.3, 0.4) is 0 Å². The maximum atomic E-state index is 13.3. The standard InChI is InChI=1S/C24H18ClN5O3S/c1-30-14-17(12-28-30)16-9-21-22(13-27-24(21)26-11-16)23(31)15-4-2-6-19(8-15)29-34(32,33)20-7-3-5-18(25)10-20/h2-14,29H,1H3,(H,26,27). The van der Waals surface area contributed by atoms with Gasteiger partial charge in [0.2, 0.25) is 0 Å². The summed E-state index contributed by atoms with van der Waals surface area (Å²) < 4.78 is 29.7. The molecule has 0 radical (unpaired) electrons. The number of sulfonamides is 1. The molecule has 0 aliphatic rings. The fourth-order valence-electron chi connectivity index (χ4n) is 3.65. The van der Waals surface area contributed by atoms with Crippen LogP contribution >= 0.6 is 11.6 Å². The second-order valence-corrected chi connectivity index (χ2v) is 9.82. The maximum Gasteiger partial charge on any atom is 0.261 e. The number of aryl methyl sites for hydroxylation is 1. The van der Waals surface area contributed by atoms with Crippen molar-refractivity contribution in [3.63, 3.8) is 0 Å². The highest BCUT2D eigenvalue weighted by atomic mass is 35.5. The predicted octanol–water partition coefficient (Wildman–Crippen LogP) is 4.65. The second kappa shape index (κ2) is 8.44. The molecule has 170 valence electrons. The molecule has 34 heavy (non-hydrogen) atoms. The Labute approximate surface area is 200 Å². The molecule has 0 aliphatic carbocycles. The number of nitrogens with one attached hydrogen (secondary N) is 2. The molecule has 5 aromatic rings. The van der Waals surface area contributed by atoms with Crippen LogP contribution in [-0.2, 0) is 17.1 Å². The fraction of sp³-hybridized carbons (Fsp3) is 0.0417. The SMILES string of the molecule is Cn1cc(-c2cnc3[nH]cc(C(=O)c4cccc(NS(=O)(=O)c5cccc(Cl)c5)c4)c3c2)cn1. The van der Waals surface area contributed by atoms with Crippen molar-refractivity contribution < 1.29 is 13.2 Å². The van der Waals surface area contributed by atoms with E-state index in [1.54, 1.807) is 53.6 Å². The number of nitrogens with zero attached hydrogens (tertiary/aromatic N) is 3. The minimum atomic E-state index is -3.87. The minimum absolute atomic E-state index is 0.0300. The van der Waals surface area contributed by atoms with Crippen LogP contribution in [0.1, 0.15) is 15.9 Å². The lowest BCUT2D eigenvalue weighted by Gasteiger charge is -2.09. The first kappa shape index (κ1) is 21.9. The summed E-state index contributed by atoms with van der Waals surface area (Å²) in [5.41, 5.74) is 3.32. The number of carbonyl (C=O) groups is 1. The van der Waals surface area contributed by atoms with E-state index in [9.17, 15) is 13.2 Å². The highest BCUT2D eigenvalue weighted by Crippen LogP contribution is 2.27. The monoisotopic (exact) mass is 491 g/mol. The molecule has 0 saturated carbocycles. The van der Waals surface area contributed by atoms with E-state index in [0.717, 1.165) is 11.1 Å². The van der Waals surface area contributed by atoms with Gasteiger partial charge in [0.15, 0.2) is 5.78 Å². The average Bonchev–Trinajstić information content (AvgIpc) is 3.44. The summed E-state index contributed by atoms with van der Waals surface area (Å²) in [7, 11) is -2.04. The van der Waals surface area contributed by atoms with Gasteiger partial charge in [-0.05, 0) is 36.4 Å². The third-order valence-electron chi connectivity index (χ3n) is 5.30. The number of benzene rings is 2. The van der Waals surface area contributed by atoms with E-state index < -0.39 is 10.0 Å². The Morgan fingerprint density at radius 2 is 1.88 bits per heavy atom. The van der Waals surface area contributed by atoms with E-state index in [1.807, 2.05) is 19.3 Å². The number of pyridine rings is 1. The molecule has 10 heteroatoms. The van der Waals surface area contributed by atoms with Crippen molar-refractivity contribution in [2.45, 2.75) is 4.90 Å². The number of aromatic amines is 1. The minimum Gasteiger partial charge on any atom is -0.345 e. The summed E-state index contributed by atoms with van der Waals surface area (Å²) >= 11 is 5.93. The molecule has 0 amide bonds. The zero-order valence-corrected chi connectivity index (χ0v) is 19.4. The molecule has 0 spiro atoms. The van der Waals surface area contributed by atoms with Crippen LogP contribution in [0.4, 0.5) is 5.69 Å². The normalized spacial score (nSPS) is 11.6. The molecule has 0 saturated heterocycles. The summed E-state index contributed by atoms with van der Waals surface area (Å²) in [6.07, 6.45) is 6.92. The van der Waals surface area contributed by atoms with E-state index in [-0.39, 0.29) is 16.4 Å². The zero-order valence-electron chi connectivity index (χ0n) is 17.9. The van der Waals surface area contributed by atoms with Crippen molar-refractivity contribution >= 4 is 44.1 Å². The number of hydrogen-bond donors (Lipinski definition) is 2. The van der Waals surface area contributed by atoms with Crippen molar-refractivity contribution in [1.82, 2.24) is 19.7 Å². The van der Waals surface area contributed by atoms with Gasteiger partial charge in [-0.15, -0.1) is 0 Å². The Kier molecular flexibility index (Phi) is 5.43. The molecule has 2 N–H and O–H groups in total. The van der Waals surface area contributed by atoms with Gasteiger partial charge in [-0.3, -0.25) is 14.2 Å². The van der Waals surface area contributed by atoms with Gasteiger partial charge in [0, 0.05) is 64.0 Å². The summed E-state index contributed by atoms with van der Waals surface area (Å²) in [6, 6.07) is 14.2. The fourth-order valence-corrected chi connectivity index (χ4v) is 5.00. The average molecular weight is 492 g/mol. The molecular weight excluding hydrogens is 474 g/mol. The maximum absolute atomic E-state index is 13.3. The Morgan fingerprint density at radius 3 is 2.65 bits per heavy atom. The Morgan fingerprint density at radius 1 is 1.06 bits per heavy atom. The van der Waals surface area contributed by atoms with Gasteiger partial charge in [-0.2, -0.15) is 5.10 Å². The summed E-state index contributed by atoms with van der Waals surface area (Å²) in [6.45, 7) is 0. The molecule has 3 aromatic heterocycles. The Balaban J connectivity index is 1.47. The van der Waals surface area contributed by atoms with E-state index in [0.29, 0.717) is 27.2 Å². The smallest absolute Gasteiger partial charge is 0.261 e. The molecule has 0 fully saturated rings. The number of anilines is 1. The van der Waals surface area contributed by atoms with Crippen molar-refractivity contribution in [3.8, 4) is 11.1 Å². The molecule has 0 bridgehead atoms. The first-order valence-electron chi connectivity index (χ1n) is 10.2. The van der Waals surface area contributed by atoms with Crippen molar-refractivity contribution in [3.05, 3.63) is 95.5 Å². The number of halogens is 1. The topological polar surface area (TPSA) is 110 Å². The van der Waals surface area contributed by atoms with Crippen LogP contribution in [0.5, 0.6) is 0 Å². The van der Waals surface area contributed by atoms with Gasteiger partial charge >= 0.3 is 0 Å². The number of fused-ring (bicyclic) bond motifs is 1. The van der Waals surface area contributed by atoms with Crippen LogP contribution in [0, 0.1) is 0 Å². The number of rotatable bonds is 6. The first-order chi connectivity index (χ1) is 16.3. The highest BCUT2D eigenvalue weighted by molar-refractivity contribution is 7.92. The number of carbonyl (C=O) groups excluding carboxylic acids is 1. The molecule has 3 heterocycles. The van der Waals surface area contributed by atoms with Crippen molar-refractivity contribution in [2.75, 3.05) is 4.72 Å². The van der Waals surface area contributed by atoms with Gasteiger partial charge in [0.25, 0.3) is 10.0 Å². The van der Waals surface area contributed by atoms with Crippen molar-refractivity contribution in [1.29, 1.82) is 0 Å². The van der Waals surface area contributed by atoms with Gasteiger partial charge < -0.3 is 4.98 Å². The van der Waals surface area contributed by atoms with E-state index in [4.69, 9.17) is 11.6 Å².